The smallest absolute Gasteiger partial charge is 0.258 e. The van der Waals surface area contributed by atoms with Gasteiger partial charge in [-0.1, -0.05) is 6.07 Å². The van der Waals surface area contributed by atoms with Crippen LogP contribution < -0.4 is 5.32 Å². The number of hydrogen-bond donors (Lipinski definition) is 3. The minimum absolute atomic E-state index is 0.114. The summed E-state index contributed by atoms with van der Waals surface area (Å²) in [6.45, 7) is 0.142. The van der Waals surface area contributed by atoms with E-state index in [-0.39, 0.29) is 35.9 Å². The Labute approximate surface area is 105 Å². The van der Waals surface area contributed by atoms with Crippen LogP contribution in [-0.4, -0.2) is 47.6 Å². The largest absolute Gasteiger partial charge is 0.507 e. The Bertz CT molecular complexity index is 437. The molecule has 1 rings (SSSR count). The highest BCUT2D eigenvalue weighted by atomic mass is 16.3. The topological polar surface area (TPSA) is 89.9 Å². The summed E-state index contributed by atoms with van der Waals surface area (Å²) in [5, 5.41) is 21.4. The average Bonchev–Trinajstić information content (AvgIpc) is 2.28. The SMILES string of the molecule is CN(C)C(=O)CCNC(=O)c1c(O)cccc1O. The summed E-state index contributed by atoms with van der Waals surface area (Å²) in [5.41, 5.74) is -0.185. The van der Waals surface area contributed by atoms with Crippen molar-refractivity contribution in [3.8, 4) is 11.5 Å². The first kappa shape index (κ1) is 13.8. The van der Waals surface area contributed by atoms with Crippen molar-refractivity contribution >= 4 is 11.8 Å². The van der Waals surface area contributed by atoms with Crippen LogP contribution in [0.2, 0.25) is 0 Å². The second kappa shape index (κ2) is 5.90. The van der Waals surface area contributed by atoms with Crippen molar-refractivity contribution < 1.29 is 19.8 Å². The van der Waals surface area contributed by atoms with Crippen LogP contribution in [0.4, 0.5) is 0 Å². The van der Waals surface area contributed by atoms with Gasteiger partial charge in [0, 0.05) is 27.1 Å². The molecule has 0 aliphatic rings. The van der Waals surface area contributed by atoms with Gasteiger partial charge in [-0.05, 0) is 12.1 Å². The van der Waals surface area contributed by atoms with E-state index in [1.54, 1.807) is 14.1 Å². The number of aromatic hydroxyl groups is 2. The normalized spacial score (nSPS) is 9.89. The van der Waals surface area contributed by atoms with Gasteiger partial charge in [0.05, 0.1) is 0 Å². The number of nitrogens with one attached hydrogen (secondary N) is 1. The predicted octanol–water partition coefficient (Wildman–Crippen LogP) is 0.306. The summed E-state index contributed by atoms with van der Waals surface area (Å²) in [5.74, 6) is -1.33. The Balaban J connectivity index is 2.59. The molecule has 0 unspecified atom stereocenters. The number of hydrogen-bond acceptors (Lipinski definition) is 4. The zero-order chi connectivity index (χ0) is 13.7. The Morgan fingerprint density at radius 2 is 1.78 bits per heavy atom. The molecule has 6 heteroatoms. The zero-order valence-electron chi connectivity index (χ0n) is 10.3. The van der Waals surface area contributed by atoms with Crippen molar-refractivity contribution in [3.05, 3.63) is 23.8 Å². The molecule has 0 atom stereocenters. The molecule has 0 aromatic heterocycles. The highest BCUT2D eigenvalue weighted by molar-refractivity contribution is 5.99. The van der Waals surface area contributed by atoms with Gasteiger partial charge < -0.3 is 20.4 Å². The first-order valence-electron chi connectivity index (χ1n) is 5.42. The van der Waals surface area contributed by atoms with Crippen LogP contribution in [0.15, 0.2) is 18.2 Å². The van der Waals surface area contributed by atoms with E-state index in [0.29, 0.717) is 0 Å². The quantitative estimate of drug-likeness (QED) is 0.719. The molecule has 2 amide bonds. The van der Waals surface area contributed by atoms with E-state index >= 15 is 0 Å². The van der Waals surface area contributed by atoms with E-state index in [9.17, 15) is 19.8 Å². The maximum atomic E-state index is 11.7. The Morgan fingerprint density at radius 1 is 1.22 bits per heavy atom. The summed E-state index contributed by atoms with van der Waals surface area (Å²) in [4.78, 5) is 24.4. The number of carbonyl (C=O) groups is 2. The fraction of sp³-hybridized carbons (Fsp3) is 0.333. The highest BCUT2D eigenvalue weighted by Gasteiger charge is 2.15. The molecule has 0 fully saturated rings. The third kappa shape index (κ3) is 3.38. The average molecular weight is 252 g/mol. The van der Waals surface area contributed by atoms with Crippen LogP contribution >= 0.6 is 0 Å². The lowest BCUT2D eigenvalue weighted by Crippen LogP contribution is -2.30. The minimum atomic E-state index is -0.614. The maximum Gasteiger partial charge on any atom is 0.258 e. The van der Waals surface area contributed by atoms with Gasteiger partial charge in [-0.3, -0.25) is 9.59 Å². The number of phenolic OH excluding ortho intramolecular Hbond substituents is 2. The number of rotatable bonds is 4. The van der Waals surface area contributed by atoms with Crippen LogP contribution in [0.3, 0.4) is 0 Å². The third-order valence-electron chi connectivity index (χ3n) is 2.37. The Hall–Kier alpha value is -2.24. The first-order chi connectivity index (χ1) is 8.43. The van der Waals surface area contributed by atoms with Crippen molar-refractivity contribution in [1.82, 2.24) is 10.2 Å². The molecule has 0 aliphatic carbocycles. The van der Waals surface area contributed by atoms with Crippen molar-refractivity contribution in [1.29, 1.82) is 0 Å². The molecular formula is C12H16N2O4. The molecule has 3 N–H and O–H groups in total. The molecular weight excluding hydrogens is 236 g/mol. The molecule has 0 saturated carbocycles. The van der Waals surface area contributed by atoms with Crippen LogP contribution in [-0.2, 0) is 4.79 Å². The maximum absolute atomic E-state index is 11.7. The van der Waals surface area contributed by atoms with E-state index in [2.05, 4.69) is 5.32 Å². The molecule has 1 aromatic rings. The minimum Gasteiger partial charge on any atom is -0.507 e. The molecule has 6 nitrogen and oxygen atoms in total. The summed E-state index contributed by atoms with van der Waals surface area (Å²) in [7, 11) is 3.25. The highest BCUT2D eigenvalue weighted by Crippen LogP contribution is 2.25. The molecule has 0 radical (unpaired) electrons. The zero-order valence-corrected chi connectivity index (χ0v) is 10.3. The summed E-state index contributed by atoms with van der Waals surface area (Å²) in [6.07, 6.45) is 0.160. The molecule has 0 bridgehead atoms. The van der Waals surface area contributed by atoms with Gasteiger partial charge in [0.1, 0.15) is 17.1 Å². The van der Waals surface area contributed by atoms with Crippen LogP contribution in [0.5, 0.6) is 11.5 Å². The molecule has 1 aromatic carbocycles. The van der Waals surface area contributed by atoms with Gasteiger partial charge in [-0.2, -0.15) is 0 Å². The molecule has 98 valence electrons. The lowest BCUT2D eigenvalue weighted by atomic mass is 10.1. The van der Waals surface area contributed by atoms with Gasteiger partial charge in [-0.25, -0.2) is 0 Å². The molecule has 0 heterocycles. The van der Waals surface area contributed by atoms with Crippen molar-refractivity contribution in [2.75, 3.05) is 20.6 Å². The standard InChI is InChI=1S/C12H16N2O4/c1-14(2)10(17)6-7-13-12(18)11-8(15)4-3-5-9(11)16/h3-5,15-16H,6-7H2,1-2H3,(H,13,18). The third-order valence-corrected chi connectivity index (χ3v) is 2.37. The van der Waals surface area contributed by atoms with Crippen molar-refractivity contribution in [2.45, 2.75) is 6.42 Å². The summed E-state index contributed by atoms with van der Waals surface area (Å²) in [6, 6.07) is 4.04. The van der Waals surface area contributed by atoms with Crippen LogP contribution in [0, 0.1) is 0 Å². The van der Waals surface area contributed by atoms with Crippen molar-refractivity contribution in [3.63, 3.8) is 0 Å². The monoisotopic (exact) mass is 252 g/mol. The van der Waals surface area contributed by atoms with Gasteiger partial charge in [-0.15, -0.1) is 0 Å². The lowest BCUT2D eigenvalue weighted by molar-refractivity contribution is -0.128. The van der Waals surface area contributed by atoms with E-state index in [0.717, 1.165) is 0 Å². The van der Waals surface area contributed by atoms with Crippen LogP contribution in [0.1, 0.15) is 16.8 Å². The second-order valence-corrected chi connectivity index (χ2v) is 3.97. The number of carbonyl (C=O) groups excluding carboxylic acids is 2. The Morgan fingerprint density at radius 3 is 2.28 bits per heavy atom. The fourth-order valence-electron chi connectivity index (χ4n) is 1.36. The molecule has 18 heavy (non-hydrogen) atoms. The number of benzene rings is 1. The second-order valence-electron chi connectivity index (χ2n) is 3.97. The fourth-order valence-corrected chi connectivity index (χ4v) is 1.36. The van der Waals surface area contributed by atoms with Gasteiger partial charge >= 0.3 is 0 Å². The van der Waals surface area contributed by atoms with Gasteiger partial charge in [0.25, 0.3) is 5.91 Å². The molecule has 0 aliphatic heterocycles. The summed E-state index contributed by atoms with van der Waals surface area (Å²) < 4.78 is 0. The summed E-state index contributed by atoms with van der Waals surface area (Å²) >= 11 is 0. The predicted molar refractivity (Wildman–Crippen MR) is 65.4 cm³/mol. The van der Waals surface area contributed by atoms with E-state index in [4.69, 9.17) is 0 Å². The Kier molecular flexibility index (Phi) is 4.53. The number of amides is 2. The van der Waals surface area contributed by atoms with E-state index in [1.807, 2.05) is 0 Å². The van der Waals surface area contributed by atoms with Gasteiger partial charge in [0.15, 0.2) is 0 Å². The molecule has 0 spiro atoms. The van der Waals surface area contributed by atoms with E-state index in [1.165, 1.54) is 23.1 Å². The van der Waals surface area contributed by atoms with Crippen molar-refractivity contribution in [2.24, 2.45) is 0 Å². The molecule has 0 saturated heterocycles. The van der Waals surface area contributed by atoms with E-state index < -0.39 is 5.91 Å². The number of nitrogens with zero attached hydrogens (tertiary/aromatic N) is 1. The lowest BCUT2D eigenvalue weighted by Gasteiger charge is -2.11. The van der Waals surface area contributed by atoms with Crippen LogP contribution in [0.25, 0.3) is 0 Å². The number of phenols is 2. The van der Waals surface area contributed by atoms with Gasteiger partial charge in [0.2, 0.25) is 5.91 Å². The first-order valence-corrected chi connectivity index (χ1v) is 5.42.